The fourth-order valence-corrected chi connectivity index (χ4v) is 0.388. The molecule has 0 atom stereocenters. The number of nitrogens with one attached hydrogen (secondary N) is 1. The lowest BCUT2D eigenvalue weighted by molar-refractivity contribution is 1.34. The topological polar surface area (TPSA) is 49.9 Å². The zero-order valence-electron chi connectivity index (χ0n) is 5.59. The zero-order valence-corrected chi connectivity index (χ0v) is 5.59. The zero-order chi connectivity index (χ0) is 7.11. The molecule has 0 unspecified atom stereocenters. The molecule has 0 aromatic rings. The van der Waals surface area contributed by atoms with Gasteiger partial charge in [0.1, 0.15) is 0 Å². The monoisotopic (exact) mass is 124 g/mol. The first-order valence-electron chi connectivity index (χ1n) is 2.85. The Morgan fingerprint density at radius 1 is 1.56 bits per heavy atom. The van der Waals surface area contributed by atoms with Gasteiger partial charge in [-0.1, -0.05) is 12.2 Å². The van der Waals surface area contributed by atoms with E-state index in [1.807, 2.05) is 12.2 Å². The largest absolute Gasteiger partial charge is 0.405 e. The summed E-state index contributed by atoms with van der Waals surface area (Å²) < 4.78 is 0. The predicted molar refractivity (Wildman–Crippen MR) is 40.5 cm³/mol. The van der Waals surface area contributed by atoms with Crippen molar-refractivity contribution < 1.29 is 0 Å². The van der Waals surface area contributed by atoms with E-state index in [4.69, 9.17) is 11.1 Å². The molecule has 0 fully saturated rings. The molecule has 3 N–H and O–H groups in total. The maximum Gasteiger partial charge on any atom is 0.00959 e. The number of rotatable bonds is 3. The summed E-state index contributed by atoms with van der Waals surface area (Å²) in [6.45, 7) is 1.77. The van der Waals surface area contributed by atoms with Gasteiger partial charge in [0.05, 0.1) is 0 Å². The van der Waals surface area contributed by atoms with Crippen LogP contribution in [0.1, 0.15) is 13.3 Å². The van der Waals surface area contributed by atoms with Crippen LogP contribution in [-0.4, -0.2) is 5.71 Å². The minimum absolute atomic E-state index is 0.664. The highest BCUT2D eigenvalue weighted by atomic mass is 14.5. The van der Waals surface area contributed by atoms with E-state index < -0.39 is 0 Å². The van der Waals surface area contributed by atoms with Crippen LogP contribution in [0, 0.1) is 5.41 Å². The van der Waals surface area contributed by atoms with Crippen LogP contribution < -0.4 is 5.73 Å². The summed E-state index contributed by atoms with van der Waals surface area (Å²) in [5.41, 5.74) is 5.72. The first kappa shape index (κ1) is 7.95. The maximum atomic E-state index is 7.02. The summed E-state index contributed by atoms with van der Waals surface area (Å²) in [6.07, 6.45) is 7.65. The van der Waals surface area contributed by atoms with E-state index in [-0.39, 0.29) is 0 Å². The van der Waals surface area contributed by atoms with Crippen molar-refractivity contribution in [3.8, 4) is 0 Å². The summed E-state index contributed by atoms with van der Waals surface area (Å²) in [5.74, 6) is 0. The third-order valence-electron chi connectivity index (χ3n) is 0.782. The van der Waals surface area contributed by atoms with Gasteiger partial charge in [-0.25, -0.2) is 0 Å². The molecule has 0 rings (SSSR count). The van der Waals surface area contributed by atoms with Gasteiger partial charge in [0.2, 0.25) is 0 Å². The number of hydrogen-bond acceptors (Lipinski definition) is 2. The Morgan fingerprint density at radius 3 is 2.67 bits per heavy atom. The molecule has 0 amide bonds. The molecule has 50 valence electrons. The second kappa shape index (κ2) is 5.09. The van der Waals surface area contributed by atoms with E-state index >= 15 is 0 Å². The van der Waals surface area contributed by atoms with E-state index in [0.29, 0.717) is 12.1 Å². The Bertz CT molecular complexity index is 134. The Labute approximate surface area is 55.6 Å². The van der Waals surface area contributed by atoms with Crippen molar-refractivity contribution in [2.75, 3.05) is 0 Å². The van der Waals surface area contributed by atoms with Crippen molar-refractivity contribution >= 4 is 5.71 Å². The van der Waals surface area contributed by atoms with Crippen molar-refractivity contribution in [3.63, 3.8) is 0 Å². The molecule has 0 aliphatic carbocycles. The fraction of sp³-hybridized carbons (Fsp3) is 0.286. The van der Waals surface area contributed by atoms with E-state index in [0.717, 1.165) is 0 Å². The van der Waals surface area contributed by atoms with Gasteiger partial charge in [0.15, 0.2) is 0 Å². The van der Waals surface area contributed by atoms with Gasteiger partial charge < -0.3 is 11.1 Å². The highest BCUT2D eigenvalue weighted by Crippen LogP contribution is 1.84. The van der Waals surface area contributed by atoms with Gasteiger partial charge in [-0.2, -0.15) is 0 Å². The second-order valence-electron chi connectivity index (χ2n) is 1.80. The molecular weight excluding hydrogens is 112 g/mol. The molecule has 0 aromatic heterocycles. The van der Waals surface area contributed by atoms with E-state index in [2.05, 4.69) is 0 Å². The van der Waals surface area contributed by atoms with Crippen molar-refractivity contribution in [3.05, 3.63) is 24.4 Å². The van der Waals surface area contributed by atoms with Crippen LogP contribution in [-0.2, 0) is 0 Å². The van der Waals surface area contributed by atoms with Gasteiger partial charge in [-0.15, -0.1) is 0 Å². The SMILES string of the molecule is CC(=N)C/C=C\C=C/N. The molecule has 0 aromatic carbocycles. The van der Waals surface area contributed by atoms with Crippen molar-refractivity contribution in [2.45, 2.75) is 13.3 Å². The Kier molecular flexibility index (Phi) is 4.50. The third-order valence-corrected chi connectivity index (χ3v) is 0.782. The van der Waals surface area contributed by atoms with Crippen LogP contribution in [0.4, 0.5) is 0 Å². The van der Waals surface area contributed by atoms with E-state index in [1.165, 1.54) is 6.20 Å². The average Bonchev–Trinajstić information content (AvgIpc) is 1.80. The lowest BCUT2D eigenvalue weighted by atomic mass is 10.3. The standard InChI is InChI=1S/C7H12N2/c1-7(9)5-3-2-4-6-8/h2-4,6,9H,5,8H2,1H3/b3-2-,6-4-,9-7?. The second-order valence-corrected chi connectivity index (χ2v) is 1.80. The van der Waals surface area contributed by atoms with Crippen molar-refractivity contribution in [1.82, 2.24) is 0 Å². The number of nitrogens with two attached hydrogens (primary N) is 1. The Hall–Kier alpha value is -1.05. The fourth-order valence-electron chi connectivity index (χ4n) is 0.388. The van der Waals surface area contributed by atoms with Crippen molar-refractivity contribution in [2.24, 2.45) is 5.73 Å². The van der Waals surface area contributed by atoms with Crippen LogP contribution in [0.3, 0.4) is 0 Å². The molecule has 0 radical (unpaired) electrons. The van der Waals surface area contributed by atoms with Gasteiger partial charge in [-0.05, 0) is 19.2 Å². The quantitative estimate of drug-likeness (QED) is 0.434. The highest BCUT2D eigenvalue weighted by molar-refractivity contribution is 5.79. The molecular formula is C7H12N2. The van der Waals surface area contributed by atoms with Crippen LogP contribution in [0.5, 0.6) is 0 Å². The summed E-state index contributed by atoms with van der Waals surface area (Å²) in [5, 5.41) is 7.02. The Balaban J connectivity index is 3.36. The van der Waals surface area contributed by atoms with E-state index in [9.17, 15) is 0 Å². The van der Waals surface area contributed by atoms with Gasteiger partial charge >= 0.3 is 0 Å². The highest BCUT2D eigenvalue weighted by Gasteiger charge is 1.77. The van der Waals surface area contributed by atoms with Crippen LogP contribution in [0.2, 0.25) is 0 Å². The lowest BCUT2D eigenvalue weighted by Crippen LogP contribution is -1.81. The first-order chi connectivity index (χ1) is 4.27. The lowest BCUT2D eigenvalue weighted by Gasteiger charge is -1.83. The smallest absolute Gasteiger partial charge is 0.00959 e. The minimum Gasteiger partial charge on any atom is -0.405 e. The van der Waals surface area contributed by atoms with Gasteiger partial charge in [0.25, 0.3) is 0 Å². The van der Waals surface area contributed by atoms with E-state index in [1.54, 1.807) is 13.0 Å². The third kappa shape index (κ3) is 6.95. The molecule has 0 saturated heterocycles. The molecule has 2 heteroatoms. The molecule has 9 heavy (non-hydrogen) atoms. The summed E-state index contributed by atoms with van der Waals surface area (Å²) in [4.78, 5) is 0. The predicted octanol–water partition coefficient (Wildman–Crippen LogP) is 1.44. The number of allylic oxidation sites excluding steroid dienone is 3. The summed E-state index contributed by atoms with van der Waals surface area (Å²) >= 11 is 0. The Morgan fingerprint density at radius 2 is 2.22 bits per heavy atom. The molecule has 0 aliphatic rings. The molecule has 2 nitrogen and oxygen atoms in total. The molecule has 0 spiro atoms. The molecule has 0 aliphatic heterocycles. The van der Waals surface area contributed by atoms with Crippen LogP contribution in [0.15, 0.2) is 24.4 Å². The van der Waals surface area contributed by atoms with Crippen LogP contribution in [0.25, 0.3) is 0 Å². The normalized spacial score (nSPS) is 11.2. The molecule has 0 saturated carbocycles. The number of hydrogen-bond donors (Lipinski definition) is 2. The maximum absolute atomic E-state index is 7.02. The average molecular weight is 124 g/mol. The summed E-state index contributed by atoms with van der Waals surface area (Å²) in [7, 11) is 0. The minimum atomic E-state index is 0.664. The van der Waals surface area contributed by atoms with Gasteiger partial charge in [0, 0.05) is 12.1 Å². The summed E-state index contributed by atoms with van der Waals surface area (Å²) in [6, 6.07) is 0. The van der Waals surface area contributed by atoms with Crippen LogP contribution >= 0.6 is 0 Å². The first-order valence-corrected chi connectivity index (χ1v) is 2.85. The van der Waals surface area contributed by atoms with Gasteiger partial charge in [-0.3, -0.25) is 0 Å². The molecule has 0 bridgehead atoms. The van der Waals surface area contributed by atoms with Crippen molar-refractivity contribution in [1.29, 1.82) is 5.41 Å². The molecule has 0 heterocycles.